The van der Waals surface area contributed by atoms with Crippen LogP contribution in [0, 0.1) is 5.41 Å². The van der Waals surface area contributed by atoms with Gasteiger partial charge in [-0.05, 0) is 19.8 Å². The average Bonchev–Trinajstić information content (AvgIpc) is 2.79. The summed E-state index contributed by atoms with van der Waals surface area (Å²) in [6, 6.07) is -0.0488. The lowest BCUT2D eigenvalue weighted by molar-refractivity contribution is -0.160. The molecule has 0 aromatic rings. The van der Waals surface area contributed by atoms with Gasteiger partial charge in [0.15, 0.2) is 0 Å². The molecule has 1 heterocycles. The van der Waals surface area contributed by atoms with Crippen molar-refractivity contribution in [3.05, 3.63) is 0 Å². The van der Waals surface area contributed by atoms with Crippen molar-refractivity contribution in [2.24, 2.45) is 11.1 Å². The van der Waals surface area contributed by atoms with Crippen molar-refractivity contribution in [3.8, 4) is 0 Å². The van der Waals surface area contributed by atoms with Gasteiger partial charge in [-0.2, -0.15) is 0 Å². The van der Waals surface area contributed by atoms with Crippen molar-refractivity contribution in [1.82, 2.24) is 0 Å². The van der Waals surface area contributed by atoms with E-state index in [0.717, 1.165) is 25.7 Å². The first-order valence-electron chi connectivity index (χ1n) is 5.67. The predicted molar refractivity (Wildman–Crippen MR) is 55.2 cm³/mol. The molecule has 1 aliphatic heterocycles. The Morgan fingerprint density at radius 3 is 2.87 bits per heavy atom. The molecule has 2 N–H and O–H groups in total. The van der Waals surface area contributed by atoms with E-state index in [-0.39, 0.29) is 18.1 Å². The minimum Gasteiger partial charge on any atom is -0.459 e. The van der Waals surface area contributed by atoms with Gasteiger partial charge in [-0.15, -0.1) is 0 Å². The summed E-state index contributed by atoms with van der Waals surface area (Å²) >= 11 is 0. The van der Waals surface area contributed by atoms with Crippen LogP contribution in [0.1, 0.15) is 32.6 Å². The molecule has 2 rings (SSSR count). The molecule has 86 valence electrons. The Labute approximate surface area is 90.1 Å². The molecule has 3 unspecified atom stereocenters. The fourth-order valence-electron chi connectivity index (χ4n) is 2.34. The van der Waals surface area contributed by atoms with Crippen molar-refractivity contribution in [1.29, 1.82) is 0 Å². The molecular formula is C11H19NO3. The number of ether oxygens (including phenoxy) is 2. The van der Waals surface area contributed by atoms with E-state index in [1.54, 1.807) is 0 Å². The molecule has 0 amide bonds. The highest BCUT2D eigenvalue weighted by atomic mass is 16.6. The summed E-state index contributed by atoms with van der Waals surface area (Å²) in [6.07, 6.45) is 3.56. The monoisotopic (exact) mass is 213 g/mol. The number of hydrogen-bond donors (Lipinski definition) is 1. The summed E-state index contributed by atoms with van der Waals surface area (Å²) in [7, 11) is 0. The van der Waals surface area contributed by atoms with Crippen LogP contribution in [0.5, 0.6) is 0 Å². The third-order valence-corrected chi connectivity index (χ3v) is 3.66. The summed E-state index contributed by atoms with van der Waals surface area (Å²) < 4.78 is 10.6. The van der Waals surface area contributed by atoms with E-state index >= 15 is 0 Å². The van der Waals surface area contributed by atoms with Crippen molar-refractivity contribution in [2.75, 3.05) is 13.2 Å². The van der Waals surface area contributed by atoms with Crippen LogP contribution in [0.2, 0.25) is 0 Å². The first-order valence-corrected chi connectivity index (χ1v) is 5.67. The minimum atomic E-state index is -0.470. The topological polar surface area (TPSA) is 61.5 Å². The number of carbonyl (C=O) groups is 1. The second-order valence-corrected chi connectivity index (χ2v) is 4.81. The van der Waals surface area contributed by atoms with Crippen molar-refractivity contribution < 1.29 is 14.3 Å². The van der Waals surface area contributed by atoms with E-state index in [0.29, 0.717) is 13.2 Å². The van der Waals surface area contributed by atoms with Crippen LogP contribution in [0.3, 0.4) is 0 Å². The molecule has 0 bridgehead atoms. The fraction of sp³-hybridized carbons (Fsp3) is 0.909. The highest BCUT2D eigenvalue weighted by Crippen LogP contribution is 2.38. The van der Waals surface area contributed by atoms with Crippen LogP contribution in [0.4, 0.5) is 0 Å². The van der Waals surface area contributed by atoms with Crippen LogP contribution < -0.4 is 5.73 Å². The fourth-order valence-corrected chi connectivity index (χ4v) is 2.34. The summed E-state index contributed by atoms with van der Waals surface area (Å²) in [5, 5.41) is 0. The normalized spacial score (nSPS) is 40.7. The summed E-state index contributed by atoms with van der Waals surface area (Å²) in [5.41, 5.74) is 5.49. The number of hydrogen-bond acceptors (Lipinski definition) is 4. The summed E-state index contributed by atoms with van der Waals surface area (Å²) in [6.45, 7) is 3.15. The molecule has 4 nitrogen and oxygen atoms in total. The van der Waals surface area contributed by atoms with Crippen LogP contribution in [-0.2, 0) is 14.3 Å². The molecule has 2 fully saturated rings. The molecule has 3 atom stereocenters. The van der Waals surface area contributed by atoms with Crippen molar-refractivity contribution >= 4 is 5.97 Å². The smallest absolute Gasteiger partial charge is 0.313 e. The van der Waals surface area contributed by atoms with Crippen LogP contribution in [0.15, 0.2) is 0 Å². The lowest BCUT2D eigenvalue weighted by Crippen LogP contribution is -2.43. The SMILES string of the molecule is CC1(C(=O)OC2CCOC2)CCCC1N. The average molecular weight is 213 g/mol. The molecule has 0 radical (unpaired) electrons. The van der Waals surface area contributed by atoms with Gasteiger partial charge in [-0.1, -0.05) is 6.42 Å². The van der Waals surface area contributed by atoms with Gasteiger partial charge in [0.05, 0.1) is 18.6 Å². The first-order chi connectivity index (χ1) is 7.13. The Balaban J connectivity index is 1.94. The molecule has 0 aromatic heterocycles. The number of nitrogens with two attached hydrogens (primary N) is 1. The van der Waals surface area contributed by atoms with Gasteiger partial charge in [-0.3, -0.25) is 4.79 Å². The molecule has 1 saturated heterocycles. The van der Waals surface area contributed by atoms with Gasteiger partial charge >= 0.3 is 5.97 Å². The zero-order valence-corrected chi connectivity index (χ0v) is 9.20. The summed E-state index contributed by atoms with van der Waals surface area (Å²) in [4.78, 5) is 12.0. The molecule has 2 aliphatic rings. The van der Waals surface area contributed by atoms with E-state index < -0.39 is 5.41 Å². The third kappa shape index (κ3) is 2.01. The van der Waals surface area contributed by atoms with Gasteiger partial charge in [0.2, 0.25) is 0 Å². The molecule has 15 heavy (non-hydrogen) atoms. The largest absolute Gasteiger partial charge is 0.459 e. The molecular weight excluding hydrogens is 194 g/mol. The second-order valence-electron chi connectivity index (χ2n) is 4.81. The maximum absolute atomic E-state index is 12.0. The highest BCUT2D eigenvalue weighted by Gasteiger charge is 2.45. The Hall–Kier alpha value is -0.610. The Morgan fingerprint density at radius 2 is 2.33 bits per heavy atom. The predicted octanol–water partition coefficient (Wildman–Crippen LogP) is 0.836. The number of rotatable bonds is 2. The number of esters is 1. The van der Waals surface area contributed by atoms with E-state index in [1.807, 2.05) is 6.92 Å². The highest BCUT2D eigenvalue weighted by molar-refractivity contribution is 5.78. The maximum Gasteiger partial charge on any atom is 0.313 e. The van der Waals surface area contributed by atoms with Crippen molar-refractivity contribution in [2.45, 2.75) is 44.8 Å². The maximum atomic E-state index is 12.0. The molecule has 4 heteroatoms. The van der Waals surface area contributed by atoms with E-state index in [4.69, 9.17) is 15.2 Å². The molecule has 1 aliphatic carbocycles. The Bertz CT molecular complexity index is 250. The minimum absolute atomic E-state index is 0.0488. The quantitative estimate of drug-likeness (QED) is 0.690. The van der Waals surface area contributed by atoms with Crippen LogP contribution in [-0.4, -0.2) is 31.3 Å². The number of carbonyl (C=O) groups excluding carboxylic acids is 1. The third-order valence-electron chi connectivity index (χ3n) is 3.66. The van der Waals surface area contributed by atoms with Gasteiger partial charge < -0.3 is 15.2 Å². The first kappa shape index (κ1) is 10.9. The van der Waals surface area contributed by atoms with E-state index in [1.165, 1.54) is 0 Å². The van der Waals surface area contributed by atoms with Crippen LogP contribution in [0.25, 0.3) is 0 Å². The lowest BCUT2D eigenvalue weighted by Gasteiger charge is -2.27. The van der Waals surface area contributed by atoms with Crippen molar-refractivity contribution in [3.63, 3.8) is 0 Å². The zero-order valence-electron chi connectivity index (χ0n) is 9.20. The van der Waals surface area contributed by atoms with Gasteiger partial charge in [-0.25, -0.2) is 0 Å². The van der Waals surface area contributed by atoms with E-state index in [9.17, 15) is 4.79 Å². The Kier molecular flexibility index (Phi) is 2.98. The molecule has 0 spiro atoms. The standard InChI is InChI=1S/C11H19NO3/c1-11(5-2-3-9(11)12)10(13)15-8-4-6-14-7-8/h8-9H,2-7,12H2,1H3. The van der Waals surface area contributed by atoms with Crippen LogP contribution >= 0.6 is 0 Å². The summed E-state index contributed by atoms with van der Waals surface area (Å²) in [5.74, 6) is -0.136. The Morgan fingerprint density at radius 1 is 1.53 bits per heavy atom. The van der Waals surface area contributed by atoms with E-state index in [2.05, 4.69) is 0 Å². The molecule has 0 aromatic carbocycles. The lowest BCUT2D eigenvalue weighted by atomic mass is 9.85. The second kappa shape index (κ2) is 4.10. The van der Waals surface area contributed by atoms with Gasteiger partial charge in [0.25, 0.3) is 0 Å². The molecule has 1 saturated carbocycles. The zero-order chi connectivity index (χ0) is 10.9. The van der Waals surface area contributed by atoms with Gasteiger partial charge in [0.1, 0.15) is 6.10 Å². The van der Waals surface area contributed by atoms with Gasteiger partial charge in [0, 0.05) is 12.5 Å².